The van der Waals surface area contributed by atoms with Gasteiger partial charge in [-0.3, -0.25) is 4.79 Å². The highest BCUT2D eigenvalue weighted by Gasteiger charge is 2.06. The lowest BCUT2D eigenvalue weighted by Gasteiger charge is -2.09. The Morgan fingerprint density at radius 3 is 2.43 bits per heavy atom. The van der Waals surface area contributed by atoms with Gasteiger partial charge in [0.05, 0.1) is 6.54 Å². The molecule has 0 unspecified atom stereocenters. The summed E-state index contributed by atoms with van der Waals surface area (Å²) in [5.41, 5.74) is 2.90. The number of carbonyl (C=O) groups excluding carboxylic acids is 1. The molecule has 0 radical (unpaired) electrons. The molecule has 1 N–H and O–H groups in total. The van der Waals surface area contributed by atoms with Gasteiger partial charge in [0.2, 0.25) is 0 Å². The molecule has 0 atom stereocenters. The summed E-state index contributed by atoms with van der Waals surface area (Å²) in [4.78, 5) is 12.2. The van der Waals surface area contributed by atoms with Crippen LogP contribution in [0.4, 0.5) is 5.69 Å². The van der Waals surface area contributed by atoms with Gasteiger partial charge in [-0.2, -0.15) is 0 Å². The van der Waals surface area contributed by atoms with Gasteiger partial charge in [-0.15, -0.1) is 0 Å². The van der Waals surface area contributed by atoms with Crippen molar-refractivity contribution in [2.75, 3.05) is 11.9 Å². The van der Waals surface area contributed by atoms with Gasteiger partial charge in [-0.1, -0.05) is 66.2 Å². The number of rotatable bonds is 4. The van der Waals surface area contributed by atoms with Crippen LogP contribution in [0.1, 0.15) is 15.9 Å². The van der Waals surface area contributed by atoms with Crippen molar-refractivity contribution in [2.24, 2.45) is 0 Å². The van der Waals surface area contributed by atoms with E-state index in [2.05, 4.69) is 23.5 Å². The van der Waals surface area contributed by atoms with E-state index >= 15 is 0 Å². The first kappa shape index (κ1) is 13.4. The molecule has 0 saturated carbocycles. The Morgan fingerprint density at radius 1 is 0.905 bits per heavy atom. The van der Waals surface area contributed by atoms with Gasteiger partial charge in [0.15, 0.2) is 5.78 Å². The number of ketones is 1. The minimum atomic E-state index is 0.0999. The Hall–Kier alpha value is -2.61. The number of fused-ring (bicyclic) bond motifs is 1. The van der Waals surface area contributed by atoms with E-state index in [1.807, 2.05) is 55.5 Å². The highest BCUT2D eigenvalue weighted by atomic mass is 16.1. The second kappa shape index (κ2) is 5.80. The molecule has 104 valence electrons. The number of benzene rings is 3. The van der Waals surface area contributed by atoms with Crippen molar-refractivity contribution in [3.8, 4) is 0 Å². The van der Waals surface area contributed by atoms with Crippen LogP contribution in [0.5, 0.6) is 0 Å². The van der Waals surface area contributed by atoms with E-state index in [-0.39, 0.29) is 5.78 Å². The Bertz CT molecular complexity index is 770. The number of anilines is 1. The second-order valence-corrected chi connectivity index (χ2v) is 5.17. The molecule has 0 aliphatic rings. The lowest BCUT2D eigenvalue weighted by Crippen LogP contribution is -2.14. The van der Waals surface area contributed by atoms with Crippen LogP contribution in [0, 0.1) is 6.92 Å². The van der Waals surface area contributed by atoms with E-state index in [1.54, 1.807) is 0 Å². The van der Waals surface area contributed by atoms with Crippen molar-refractivity contribution in [1.29, 1.82) is 0 Å². The number of aryl methyl sites for hydroxylation is 1. The highest BCUT2D eigenvalue weighted by Crippen LogP contribution is 2.22. The standard InChI is InChI=1S/C19H17NO/c1-14-9-11-16(12-10-14)19(21)13-20-18-8-4-6-15-5-2-3-7-17(15)18/h2-12,20H,13H2,1H3. The molecular formula is C19H17NO. The number of hydrogen-bond acceptors (Lipinski definition) is 2. The molecule has 0 aliphatic heterocycles. The molecule has 0 heterocycles. The lowest BCUT2D eigenvalue weighted by molar-refractivity contribution is 0.101. The van der Waals surface area contributed by atoms with Gasteiger partial charge in [0, 0.05) is 16.6 Å². The van der Waals surface area contributed by atoms with Crippen molar-refractivity contribution in [1.82, 2.24) is 0 Å². The maximum atomic E-state index is 12.2. The second-order valence-electron chi connectivity index (χ2n) is 5.17. The van der Waals surface area contributed by atoms with E-state index < -0.39 is 0 Å². The molecular weight excluding hydrogens is 258 g/mol. The Balaban J connectivity index is 1.77. The average Bonchev–Trinajstić information content (AvgIpc) is 2.53. The molecule has 0 aliphatic carbocycles. The SMILES string of the molecule is Cc1ccc(C(=O)CNc2cccc3ccccc23)cc1. The molecule has 0 fully saturated rings. The molecule has 3 rings (SSSR count). The van der Waals surface area contributed by atoms with Gasteiger partial charge in [0.25, 0.3) is 0 Å². The fourth-order valence-electron chi connectivity index (χ4n) is 2.40. The van der Waals surface area contributed by atoms with Gasteiger partial charge in [-0.05, 0) is 18.4 Å². The lowest BCUT2D eigenvalue weighted by atomic mass is 10.1. The van der Waals surface area contributed by atoms with Gasteiger partial charge >= 0.3 is 0 Å². The zero-order chi connectivity index (χ0) is 14.7. The van der Waals surface area contributed by atoms with Crippen molar-refractivity contribution < 1.29 is 4.79 Å². The number of carbonyl (C=O) groups is 1. The Morgan fingerprint density at radius 2 is 1.62 bits per heavy atom. The molecule has 2 nitrogen and oxygen atoms in total. The summed E-state index contributed by atoms with van der Waals surface area (Å²) in [5.74, 6) is 0.0999. The number of Topliss-reactive ketones (excluding diaryl/α,β-unsaturated/α-hetero) is 1. The molecule has 21 heavy (non-hydrogen) atoms. The van der Waals surface area contributed by atoms with Crippen LogP contribution in [0.3, 0.4) is 0 Å². The number of nitrogens with one attached hydrogen (secondary N) is 1. The van der Waals surface area contributed by atoms with Crippen LogP contribution < -0.4 is 5.32 Å². The first-order chi connectivity index (χ1) is 10.2. The largest absolute Gasteiger partial charge is 0.377 e. The first-order valence-corrected chi connectivity index (χ1v) is 7.05. The highest BCUT2D eigenvalue weighted by molar-refractivity contribution is 6.01. The van der Waals surface area contributed by atoms with Crippen LogP contribution in [0.2, 0.25) is 0 Å². The molecule has 2 heteroatoms. The van der Waals surface area contributed by atoms with Crippen LogP contribution in [0.15, 0.2) is 66.7 Å². The van der Waals surface area contributed by atoms with Crippen molar-refractivity contribution in [3.05, 3.63) is 77.9 Å². The van der Waals surface area contributed by atoms with Crippen LogP contribution in [0.25, 0.3) is 10.8 Å². The molecule has 0 spiro atoms. The minimum Gasteiger partial charge on any atom is -0.377 e. The maximum Gasteiger partial charge on any atom is 0.181 e. The topological polar surface area (TPSA) is 29.1 Å². The molecule has 0 aromatic heterocycles. The van der Waals surface area contributed by atoms with Crippen molar-refractivity contribution >= 4 is 22.2 Å². The average molecular weight is 275 g/mol. The summed E-state index contributed by atoms with van der Waals surface area (Å²) in [6, 6.07) is 21.9. The first-order valence-electron chi connectivity index (χ1n) is 7.05. The zero-order valence-corrected chi connectivity index (χ0v) is 12.0. The van der Waals surface area contributed by atoms with Crippen LogP contribution >= 0.6 is 0 Å². The third-order valence-corrected chi connectivity index (χ3v) is 3.60. The van der Waals surface area contributed by atoms with Crippen molar-refractivity contribution in [2.45, 2.75) is 6.92 Å². The normalized spacial score (nSPS) is 10.5. The predicted molar refractivity (Wildman–Crippen MR) is 87.9 cm³/mol. The van der Waals surface area contributed by atoms with Crippen LogP contribution in [-0.4, -0.2) is 12.3 Å². The smallest absolute Gasteiger partial charge is 0.181 e. The Kier molecular flexibility index (Phi) is 3.69. The third-order valence-electron chi connectivity index (χ3n) is 3.60. The summed E-state index contributed by atoms with van der Waals surface area (Å²) in [6.07, 6.45) is 0. The maximum absolute atomic E-state index is 12.2. The molecule has 0 bridgehead atoms. The van der Waals surface area contributed by atoms with E-state index in [1.165, 1.54) is 5.39 Å². The van der Waals surface area contributed by atoms with Crippen LogP contribution in [-0.2, 0) is 0 Å². The quantitative estimate of drug-likeness (QED) is 0.713. The van der Waals surface area contributed by atoms with E-state index in [0.717, 1.165) is 22.2 Å². The van der Waals surface area contributed by atoms with E-state index in [9.17, 15) is 4.79 Å². The summed E-state index contributed by atoms with van der Waals surface area (Å²) in [7, 11) is 0. The fraction of sp³-hybridized carbons (Fsp3) is 0.105. The van der Waals surface area contributed by atoms with E-state index in [4.69, 9.17) is 0 Å². The Labute approximate surface area is 124 Å². The molecule has 0 saturated heterocycles. The summed E-state index contributed by atoms with van der Waals surface area (Å²) >= 11 is 0. The molecule has 3 aromatic rings. The fourth-order valence-corrected chi connectivity index (χ4v) is 2.40. The summed E-state index contributed by atoms with van der Waals surface area (Å²) in [5, 5.41) is 5.56. The van der Waals surface area contributed by atoms with Crippen molar-refractivity contribution in [3.63, 3.8) is 0 Å². The summed E-state index contributed by atoms with van der Waals surface area (Å²) < 4.78 is 0. The molecule has 3 aromatic carbocycles. The minimum absolute atomic E-state index is 0.0999. The van der Waals surface area contributed by atoms with Gasteiger partial charge in [0.1, 0.15) is 0 Å². The monoisotopic (exact) mass is 275 g/mol. The molecule has 0 amide bonds. The van der Waals surface area contributed by atoms with Gasteiger partial charge in [-0.25, -0.2) is 0 Å². The van der Waals surface area contributed by atoms with Gasteiger partial charge < -0.3 is 5.32 Å². The zero-order valence-electron chi connectivity index (χ0n) is 12.0. The number of hydrogen-bond donors (Lipinski definition) is 1. The third kappa shape index (κ3) is 2.95. The summed E-state index contributed by atoms with van der Waals surface area (Å²) in [6.45, 7) is 2.32. The predicted octanol–water partition coefficient (Wildman–Crippen LogP) is 4.44. The van der Waals surface area contributed by atoms with E-state index in [0.29, 0.717) is 6.54 Å².